The summed E-state index contributed by atoms with van der Waals surface area (Å²) in [4.78, 5) is 4.28. The molecule has 0 spiro atoms. The van der Waals surface area contributed by atoms with Crippen LogP contribution in [0.3, 0.4) is 0 Å². The number of nitrogens with zero attached hydrogens (tertiary/aromatic N) is 1. The molecule has 16 heavy (non-hydrogen) atoms. The van der Waals surface area contributed by atoms with Gasteiger partial charge >= 0.3 is 0 Å². The van der Waals surface area contributed by atoms with Gasteiger partial charge in [0.2, 0.25) is 0 Å². The second-order valence-electron chi connectivity index (χ2n) is 4.43. The third-order valence-corrected chi connectivity index (χ3v) is 2.44. The van der Waals surface area contributed by atoms with E-state index in [4.69, 9.17) is 15.2 Å². The largest absolute Gasteiger partial charge is 0.494 e. The third kappa shape index (κ3) is 2.51. The standard InChI is InChI=1S/C12H20N2O2/c1-8-11(16-5)10(12(2,3)13)9(6-14-8)7-15-4/h6H,7,13H2,1-5H3. The second kappa shape index (κ2) is 4.80. The van der Waals surface area contributed by atoms with E-state index >= 15 is 0 Å². The van der Waals surface area contributed by atoms with Crippen molar-refractivity contribution in [2.45, 2.75) is 32.9 Å². The van der Waals surface area contributed by atoms with Crippen LogP contribution in [0, 0.1) is 6.92 Å². The molecule has 2 N–H and O–H groups in total. The maximum absolute atomic E-state index is 6.17. The molecule has 0 saturated carbocycles. The Kier molecular flexibility index (Phi) is 3.88. The Morgan fingerprint density at radius 1 is 1.38 bits per heavy atom. The topological polar surface area (TPSA) is 57.4 Å². The summed E-state index contributed by atoms with van der Waals surface area (Å²) in [6.45, 7) is 6.29. The van der Waals surface area contributed by atoms with Crippen LogP contribution >= 0.6 is 0 Å². The van der Waals surface area contributed by atoms with Crippen molar-refractivity contribution in [3.05, 3.63) is 23.0 Å². The molecule has 0 radical (unpaired) electrons. The minimum atomic E-state index is -0.479. The van der Waals surface area contributed by atoms with Crippen LogP contribution in [0.2, 0.25) is 0 Å². The van der Waals surface area contributed by atoms with E-state index in [1.165, 1.54) is 0 Å². The molecule has 90 valence electrons. The average molecular weight is 224 g/mol. The molecule has 0 aromatic carbocycles. The number of aryl methyl sites for hydroxylation is 1. The van der Waals surface area contributed by atoms with Crippen LogP contribution in [0.25, 0.3) is 0 Å². The highest BCUT2D eigenvalue weighted by Gasteiger charge is 2.25. The normalized spacial score (nSPS) is 11.6. The molecule has 1 heterocycles. The number of rotatable bonds is 4. The van der Waals surface area contributed by atoms with Gasteiger partial charge in [-0.15, -0.1) is 0 Å². The molecule has 4 nitrogen and oxygen atoms in total. The number of nitrogens with two attached hydrogens (primary N) is 1. The fourth-order valence-corrected chi connectivity index (χ4v) is 1.85. The number of ether oxygens (including phenoxy) is 2. The molecule has 1 aromatic heterocycles. The van der Waals surface area contributed by atoms with Gasteiger partial charge in [0.05, 0.1) is 19.4 Å². The Hall–Kier alpha value is -1.13. The number of hydrogen-bond donors (Lipinski definition) is 1. The summed E-state index contributed by atoms with van der Waals surface area (Å²) in [6, 6.07) is 0. The van der Waals surface area contributed by atoms with Gasteiger partial charge < -0.3 is 15.2 Å². The minimum absolute atomic E-state index is 0.479. The molecule has 0 aliphatic carbocycles. The van der Waals surface area contributed by atoms with Crippen LogP contribution in [0.1, 0.15) is 30.7 Å². The zero-order valence-corrected chi connectivity index (χ0v) is 10.6. The molecular formula is C12H20N2O2. The van der Waals surface area contributed by atoms with Gasteiger partial charge in [-0.2, -0.15) is 0 Å². The highest BCUT2D eigenvalue weighted by atomic mass is 16.5. The highest BCUT2D eigenvalue weighted by Crippen LogP contribution is 2.33. The summed E-state index contributed by atoms with van der Waals surface area (Å²) in [5.74, 6) is 0.752. The number of methoxy groups -OCH3 is 2. The minimum Gasteiger partial charge on any atom is -0.494 e. The summed E-state index contributed by atoms with van der Waals surface area (Å²) < 4.78 is 10.5. The molecule has 0 amide bonds. The maximum atomic E-state index is 6.17. The van der Waals surface area contributed by atoms with Crippen LogP contribution in [0.5, 0.6) is 5.75 Å². The van der Waals surface area contributed by atoms with Crippen molar-refractivity contribution in [3.8, 4) is 5.75 Å². The van der Waals surface area contributed by atoms with Gasteiger partial charge in [-0.05, 0) is 20.8 Å². The van der Waals surface area contributed by atoms with Gasteiger partial charge in [-0.25, -0.2) is 0 Å². The first-order valence-electron chi connectivity index (χ1n) is 5.22. The zero-order valence-electron chi connectivity index (χ0n) is 10.6. The lowest BCUT2D eigenvalue weighted by atomic mass is 9.90. The molecule has 0 unspecified atom stereocenters. The van der Waals surface area contributed by atoms with E-state index in [0.29, 0.717) is 6.61 Å². The Morgan fingerprint density at radius 2 is 2.00 bits per heavy atom. The maximum Gasteiger partial charge on any atom is 0.145 e. The van der Waals surface area contributed by atoms with E-state index in [9.17, 15) is 0 Å². The number of aromatic nitrogens is 1. The fraction of sp³-hybridized carbons (Fsp3) is 0.583. The van der Waals surface area contributed by atoms with E-state index in [1.54, 1.807) is 20.4 Å². The van der Waals surface area contributed by atoms with Crippen LogP contribution in [-0.4, -0.2) is 19.2 Å². The summed E-state index contributed by atoms with van der Waals surface area (Å²) in [6.07, 6.45) is 1.80. The molecule has 0 aliphatic rings. The lowest BCUT2D eigenvalue weighted by Gasteiger charge is -2.25. The smallest absolute Gasteiger partial charge is 0.145 e. The predicted octanol–water partition coefficient (Wildman–Crippen LogP) is 1.74. The van der Waals surface area contributed by atoms with E-state index in [2.05, 4.69) is 4.98 Å². The van der Waals surface area contributed by atoms with E-state index in [0.717, 1.165) is 22.6 Å². The first-order valence-corrected chi connectivity index (χ1v) is 5.22. The summed E-state index contributed by atoms with van der Waals surface area (Å²) in [5, 5.41) is 0. The van der Waals surface area contributed by atoms with Crippen molar-refractivity contribution >= 4 is 0 Å². The Balaban J connectivity index is 3.41. The lowest BCUT2D eigenvalue weighted by molar-refractivity contribution is 0.182. The lowest BCUT2D eigenvalue weighted by Crippen LogP contribution is -2.31. The molecule has 1 rings (SSSR count). The SMILES string of the molecule is COCc1cnc(C)c(OC)c1C(C)(C)N. The quantitative estimate of drug-likeness (QED) is 0.846. The van der Waals surface area contributed by atoms with Crippen LogP contribution in [0.15, 0.2) is 6.20 Å². The highest BCUT2D eigenvalue weighted by molar-refractivity contribution is 5.45. The van der Waals surface area contributed by atoms with Gasteiger partial charge in [0.15, 0.2) is 0 Å². The molecule has 0 atom stereocenters. The molecule has 4 heteroatoms. The monoisotopic (exact) mass is 224 g/mol. The molecule has 0 bridgehead atoms. The molecule has 0 fully saturated rings. The van der Waals surface area contributed by atoms with Crippen molar-refractivity contribution < 1.29 is 9.47 Å². The first-order chi connectivity index (χ1) is 7.41. The summed E-state index contributed by atoms with van der Waals surface area (Å²) >= 11 is 0. The van der Waals surface area contributed by atoms with Crippen molar-refractivity contribution in [2.24, 2.45) is 5.73 Å². The molecule has 0 saturated heterocycles. The fourth-order valence-electron chi connectivity index (χ4n) is 1.85. The Labute approximate surface area is 96.8 Å². The molecule has 0 aliphatic heterocycles. The van der Waals surface area contributed by atoms with Crippen molar-refractivity contribution in [1.29, 1.82) is 0 Å². The average Bonchev–Trinajstić information content (AvgIpc) is 2.18. The number of pyridine rings is 1. The van der Waals surface area contributed by atoms with Crippen molar-refractivity contribution in [2.75, 3.05) is 14.2 Å². The molecule has 1 aromatic rings. The predicted molar refractivity (Wildman–Crippen MR) is 63.5 cm³/mol. The zero-order chi connectivity index (χ0) is 12.3. The van der Waals surface area contributed by atoms with Crippen molar-refractivity contribution in [3.63, 3.8) is 0 Å². The van der Waals surface area contributed by atoms with Gasteiger partial charge in [-0.3, -0.25) is 4.98 Å². The Bertz CT molecular complexity index is 370. The number of hydrogen-bond acceptors (Lipinski definition) is 4. The van der Waals surface area contributed by atoms with Gasteiger partial charge in [0.1, 0.15) is 5.75 Å². The van der Waals surface area contributed by atoms with E-state index in [1.807, 2.05) is 20.8 Å². The second-order valence-corrected chi connectivity index (χ2v) is 4.43. The summed E-state index contributed by atoms with van der Waals surface area (Å²) in [5.41, 5.74) is 8.47. The van der Waals surface area contributed by atoms with Gasteiger partial charge in [0, 0.05) is 30.0 Å². The van der Waals surface area contributed by atoms with Crippen LogP contribution in [0.4, 0.5) is 0 Å². The first kappa shape index (κ1) is 12.9. The van der Waals surface area contributed by atoms with E-state index in [-0.39, 0.29) is 0 Å². The van der Waals surface area contributed by atoms with Crippen LogP contribution < -0.4 is 10.5 Å². The Morgan fingerprint density at radius 3 is 2.44 bits per heavy atom. The van der Waals surface area contributed by atoms with Gasteiger partial charge in [-0.1, -0.05) is 0 Å². The molecular weight excluding hydrogens is 204 g/mol. The third-order valence-electron chi connectivity index (χ3n) is 2.44. The van der Waals surface area contributed by atoms with Crippen LogP contribution in [-0.2, 0) is 16.9 Å². The van der Waals surface area contributed by atoms with Crippen molar-refractivity contribution in [1.82, 2.24) is 4.98 Å². The van der Waals surface area contributed by atoms with Gasteiger partial charge in [0.25, 0.3) is 0 Å². The van der Waals surface area contributed by atoms with E-state index < -0.39 is 5.54 Å². The summed E-state index contributed by atoms with van der Waals surface area (Å²) in [7, 11) is 3.29.